The molecule has 0 aliphatic rings. The van der Waals surface area contributed by atoms with Gasteiger partial charge in [-0.15, -0.1) is 0 Å². The molecule has 116 valence electrons. The Kier molecular flexibility index (Phi) is 5.96. The molecule has 0 radical (unpaired) electrons. The number of ketones is 1. The highest BCUT2D eigenvalue weighted by Gasteiger charge is 2.02. The third kappa shape index (κ3) is 4.98. The molecule has 0 spiro atoms. The Labute approximate surface area is 141 Å². The number of benzene rings is 2. The smallest absolute Gasteiger partial charge is 0.185 e. The lowest BCUT2D eigenvalue weighted by Gasteiger charge is -2.17. The van der Waals surface area contributed by atoms with Crippen LogP contribution in [-0.4, -0.2) is 19.4 Å². The maximum absolute atomic E-state index is 12.1. The molecule has 0 bridgehead atoms. The zero-order valence-corrected chi connectivity index (χ0v) is 13.6. The summed E-state index contributed by atoms with van der Waals surface area (Å²) in [6.45, 7) is 0.695. The van der Waals surface area contributed by atoms with Crippen LogP contribution in [-0.2, 0) is 0 Å². The summed E-state index contributed by atoms with van der Waals surface area (Å²) in [4.78, 5) is 14.1. The third-order valence-electron chi connectivity index (χ3n) is 3.45. The highest BCUT2D eigenvalue weighted by atomic mass is 35.5. The molecule has 0 saturated heterocycles. The minimum atomic E-state index is -0.0584. The first kappa shape index (κ1) is 16.8. The summed E-state index contributed by atoms with van der Waals surface area (Å²) in [5.41, 5.74) is 2.60. The van der Waals surface area contributed by atoms with Crippen LogP contribution in [0, 0.1) is 11.3 Å². The van der Waals surface area contributed by atoms with Crippen LogP contribution in [0.3, 0.4) is 0 Å². The predicted octanol–water partition coefficient (Wildman–Crippen LogP) is 4.59. The normalized spacial score (nSPS) is 10.5. The van der Waals surface area contributed by atoms with E-state index < -0.39 is 0 Å². The Balaban J connectivity index is 2.01. The van der Waals surface area contributed by atoms with E-state index in [9.17, 15) is 4.79 Å². The summed E-state index contributed by atoms with van der Waals surface area (Å²) >= 11 is 5.81. The van der Waals surface area contributed by atoms with Gasteiger partial charge in [0.1, 0.15) is 0 Å². The van der Waals surface area contributed by atoms with Crippen LogP contribution < -0.4 is 4.90 Å². The van der Waals surface area contributed by atoms with Gasteiger partial charge in [-0.25, -0.2) is 0 Å². The molecule has 23 heavy (non-hydrogen) atoms. The van der Waals surface area contributed by atoms with Gasteiger partial charge in [0.05, 0.1) is 12.5 Å². The van der Waals surface area contributed by atoms with Crippen molar-refractivity contribution in [3.63, 3.8) is 0 Å². The average Bonchev–Trinajstić information content (AvgIpc) is 2.58. The van der Waals surface area contributed by atoms with Crippen molar-refractivity contribution in [2.45, 2.75) is 6.42 Å². The van der Waals surface area contributed by atoms with Crippen molar-refractivity contribution in [3.05, 3.63) is 70.8 Å². The number of hydrogen-bond acceptors (Lipinski definition) is 3. The van der Waals surface area contributed by atoms with Gasteiger partial charge in [0.2, 0.25) is 0 Å². The Morgan fingerprint density at radius 1 is 1.17 bits per heavy atom. The zero-order valence-electron chi connectivity index (χ0n) is 12.9. The van der Waals surface area contributed by atoms with Crippen LogP contribution >= 0.6 is 11.6 Å². The number of anilines is 1. The lowest BCUT2D eigenvalue weighted by molar-refractivity contribution is 0.104. The van der Waals surface area contributed by atoms with Gasteiger partial charge >= 0.3 is 0 Å². The summed E-state index contributed by atoms with van der Waals surface area (Å²) < 4.78 is 0. The van der Waals surface area contributed by atoms with Crippen molar-refractivity contribution in [3.8, 4) is 6.07 Å². The van der Waals surface area contributed by atoms with E-state index in [1.165, 1.54) is 0 Å². The van der Waals surface area contributed by atoms with Crippen LogP contribution in [0.1, 0.15) is 22.3 Å². The molecule has 4 heteroatoms. The quantitative estimate of drug-likeness (QED) is 0.576. The first-order valence-electron chi connectivity index (χ1n) is 7.26. The van der Waals surface area contributed by atoms with E-state index in [4.69, 9.17) is 16.9 Å². The van der Waals surface area contributed by atoms with E-state index in [1.54, 1.807) is 36.4 Å². The Morgan fingerprint density at radius 3 is 2.43 bits per heavy atom. The van der Waals surface area contributed by atoms with Crippen LogP contribution in [0.2, 0.25) is 5.02 Å². The molecule has 2 rings (SSSR count). The molecule has 3 nitrogen and oxygen atoms in total. The largest absolute Gasteiger partial charge is 0.374 e. The summed E-state index contributed by atoms with van der Waals surface area (Å²) in [7, 11) is 1.95. The van der Waals surface area contributed by atoms with Gasteiger partial charge in [-0.1, -0.05) is 29.8 Å². The second-order valence-electron chi connectivity index (χ2n) is 5.13. The van der Waals surface area contributed by atoms with Crippen molar-refractivity contribution in [2.24, 2.45) is 0 Å². The topological polar surface area (TPSA) is 44.1 Å². The van der Waals surface area contributed by atoms with E-state index in [0.29, 0.717) is 23.6 Å². The number of allylic oxidation sites excluding steroid dienone is 1. The molecule has 0 N–H and O–H groups in total. The highest BCUT2D eigenvalue weighted by molar-refractivity contribution is 6.30. The molecule has 2 aromatic carbocycles. The third-order valence-corrected chi connectivity index (χ3v) is 3.70. The summed E-state index contributed by atoms with van der Waals surface area (Å²) in [5.74, 6) is -0.0584. The van der Waals surface area contributed by atoms with Crippen LogP contribution in [0.4, 0.5) is 5.69 Å². The van der Waals surface area contributed by atoms with Crippen molar-refractivity contribution in [2.75, 3.05) is 18.5 Å². The van der Waals surface area contributed by atoms with Crippen molar-refractivity contribution in [1.82, 2.24) is 0 Å². The van der Waals surface area contributed by atoms with Gasteiger partial charge in [-0.05, 0) is 48.0 Å². The molecular weight excluding hydrogens is 308 g/mol. The van der Waals surface area contributed by atoms with Crippen molar-refractivity contribution >= 4 is 29.1 Å². The fourth-order valence-electron chi connectivity index (χ4n) is 2.07. The van der Waals surface area contributed by atoms with Gasteiger partial charge in [0.15, 0.2) is 5.78 Å². The lowest BCUT2D eigenvalue weighted by atomic mass is 10.1. The van der Waals surface area contributed by atoms with Gasteiger partial charge in [-0.2, -0.15) is 5.26 Å². The number of carbonyl (C=O) groups is 1. The maximum Gasteiger partial charge on any atom is 0.185 e. The van der Waals surface area contributed by atoms with E-state index in [0.717, 1.165) is 11.3 Å². The molecule has 0 saturated carbocycles. The van der Waals surface area contributed by atoms with Crippen LogP contribution in [0.25, 0.3) is 6.08 Å². The monoisotopic (exact) mass is 324 g/mol. The minimum absolute atomic E-state index is 0.0584. The van der Waals surface area contributed by atoms with Crippen molar-refractivity contribution in [1.29, 1.82) is 5.26 Å². The SMILES string of the molecule is CN(CCC#N)c1ccc(/C=C/C(=O)c2ccc(Cl)cc2)cc1. The fraction of sp³-hybridized carbons (Fsp3) is 0.158. The number of nitrogens with zero attached hydrogens (tertiary/aromatic N) is 2. The van der Waals surface area contributed by atoms with Gasteiger partial charge in [0.25, 0.3) is 0 Å². The molecular formula is C19H17ClN2O. The van der Waals surface area contributed by atoms with Gasteiger partial charge in [-0.3, -0.25) is 4.79 Å². The maximum atomic E-state index is 12.1. The number of nitriles is 1. The second kappa shape index (κ2) is 8.17. The summed E-state index contributed by atoms with van der Waals surface area (Å²) in [6, 6.07) is 16.8. The first-order valence-corrected chi connectivity index (χ1v) is 7.64. The molecule has 0 fully saturated rings. The summed E-state index contributed by atoms with van der Waals surface area (Å²) in [6.07, 6.45) is 3.83. The van der Waals surface area contributed by atoms with E-state index >= 15 is 0 Å². The predicted molar refractivity (Wildman–Crippen MR) is 94.8 cm³/mol. The number of carbonyl (C=O) groups excluding carboxylic acids is 1. The summed E-state index contributed by atoms with van der Waals surface area (Å²) in [5, 5.41) is 9.22. The molecule has 0 amide bonds. The standard InChI is InChI=1S/C19H17ClN2O/c1-22(14-2-13-21)18-10-3-15(4-11-18)5-12-19(23)16-6-8-17(20)9-7-16/h3-12H,2,14H2,1H3/b12-5+. The second-order valence-corrected chi connectivity index (χ2v) is 5.56. The zero-order chi connectivity index (χ0) is 16.7. The Hall–Kier alpha value is -2.57. The van der Waals surface area contributed by atoms with Crippen LogP contribution in [0.5, 0.6) is 0 Å². The van der Waals surface area contributed by atoms with Gasteiger partial charge < -0.3 is 4.90 Å². The molecule has 0 atom stereocenters. The Bertz CT molecular complexity index is 727. The van der Waals surface area contributed by atoms with E-state index in [-0.39, 0.29) is 5.78 Å². The minimum Gasteiger partial charge on any atom is -0.374 e. The lowest BCUT2D eigenvalue weighted by Crippen LogP contribution is -2.17. The van der Waals surface area contributed by atoms with Crippen LogP contribution in [0.15, 0.2) is 54.6 Å². The number of halogens is 1. The average molecular weight is 325 g/mol. The highest BCUT2D eigenvalue weighted by Crippen LogP contribution is 2.16. The Morgan fingerprint density at radius 2 is 1.83 bits per heavy atom. The van der Waals surface area contributed by atoms with E-state index in [1.807, 2.05) is 36.2 Å². The molecule has 0 aliphatic heterocycles. The molecule has 2 aromatic rings. The molecule has 0 aliphatic carbocycles. The molecule has 0 aromatic heterocycles. The van der Waals surface area contributed by atoms with Gasteiger partial charge in [0, 0.05) is 29.9 Å². The van der Waals surface area contributed by atoms with E-state index in [2.05, 4.69) is 6.07 Å². The first-order chi connectivity index (χ1) is 11.1. The number of hydrogen-bond donors (Lipinski definition) is 0. The molecule has 0 heterocycles. The number of rotatable bonds is 6. The molecule has 0 unspecified atom stereocenters. The van der Waals surface area contributed by atoms with Crippen molar-refractivity contribution < 1.29 is 4.79 Å². The fourth-order valence-corrected chi connectivity index (χ4v) is 2.19.